The molecule has 11 heteroatoms. The van der Waals surface area contributed by atoms with Crippen LogP contribution in [0.5, 0.6) is 11.5 Å². The highest BCUT2D eigenvalue weighted by Gasteiger charge is 2.37. The Morgan fingerprint density at radius 2 is 1.91 bits per heavy atom. The summed E-state index contributed by atoms with van der Waals surface area (Å²) in [6, 6.07) is 8.12. The Balaban J connectivity index is 1.70. The standard InChI is InChI=1S/C23H18F3N3O3S2/c1-10-13(31-2)7-6-11(18(10)32-3)20-28-17-16-12(14-5-4-8-33-14)9-15(23(24,25)26)27-22(16)34-19(17)21(30)29-20/h4-9,20,28H,1-3H3,(H,29,30)/t20-/m1/s1. The predicted octanol–water partition coefficient (Wildman–Crippen LogP) is 6.22. The van der Waals surface area contributed by atoms with Crippen LogP contribution in [-0.4, -0.2) is 25.1 Å². The lowest BCUT2D eigenvalue weighted by atomic mass is 10.0. The second kappa shape index (κ2) is 8.17. The zero-order valence-corrected chi connectivity index (χ0v) is 19.8. The fourth-order valence-electron chi connectivity index (χ4n) is 4.11. The second-order valence-corrected chi connectivity index (χ2v) is 9.53. The van der Waals surface area contributed by atoms with Crippen LogP contribution in [0.4, 0.5) is 18.9 Å². The molecule has 5 rings (SSSR count). The van der Waals surface area contributed by atoms with E-state index in [-0.39, 0.29) is 9.71 Å². The summed E-state index contributed by atoms with van der Waals surface area (Å²) < 4.78 is 51.7. The molecule has 1 aliphatic heterocycles. The zero-order valence-electron chi connectivity index (χ0n) is 18.2. The van der Waals surface area contributed by atoms with Crippen molar-refractivity contribution in [3.8, 4) is 21.9 Å². The van der Waals surface area contributed by atoms with Gasteiger partial charge in [-0.1, -0.05) is 6.07 Å². The minimum atomic E-state index is -4.61. The lowest BCUT2D eigenvalue weighted by molar-refractivity contribution is -0.140. The third-order valence-electron chi connectivity index (χ3n) is 5.63. The molecule has 0 fully saturated rings. The number of amides is 1. The first-order chi connectivity index (χ1) is 16.2. The Morgan fingerprint density at radius 1 is 1.12 bits per heavy atom. The number of halogens is 3. The second-order valence-electron chi connectivity index (χ2n) is 7.58. The van der Waals surface area contributed by atoms with Gasteiger partial charge >= 0.3 is 6.18 Å². The zero-order chi connectivity index (χ0) is 24.2. The van der Waals surface area contributed by atoms with Gasteiger partial charge in [0.2, 0.25) is 0 Å². The van der Waals surface area contributed by atoms with Gasteiger partial charge in [-0.05, 0) is 36.6 Å². The van der Waals surface area contributed by atoms with Crippen LogP contribution in [0.3, 0.4) is 0 Å². The molecule has 2 N–H and O–H groups in total. The van der Waals surface area contributed by atoms with Gasteiger partial charge in [-0.15, -0.1) is 22.7 Å². The molecule has 6 nitrogen and oxygen atoms in total. The van der Waals surface area contributed by atoms with Gasteiger partial charge < -0.3 is 20.1 Å². The number of nitrogens with one attached hydrogen (secondary N) is 2. The minimum absolute atomic E-state index is 0.143. The van der Waals surface area contributed by atoms with Crippen molar-refractivity contribution in [2.24, 2.45) is 0 Å². The van der Waals surface area contributed by atoms with Crippen molar-refractivity contribution in [1.82, 2.24) is 10.3 Å². The highest BCUT2D eigenvalue weighted by atomic mass is 32.1. The van der Waals surface area contributed by atoms with Crippen molar-refractivity contribution in [2.45, 2.75) is 19.3 Å². The van der Waals surface area contributed by atoms with Gasteiger partial charge in [-0.25, -0.2) is 4.98 Å². The van der Waals surface area contributed by atoms with E-state index in [4.69, 9.17) is 9.47 Å². The lowest BCUT2D eigenvalue weighted by Gasteiger charge is -2.28. The van der Waals surface area contributed by atoms with Crippen molar-refractivity contribution in [3.05, 3.63) is 57.4 Å². The molecule has 0 saturated carbocycles. The van der Waals surface area contributed by atoms with E-state index in [1.165, 1.54) is 18.4 Å². The van der Waals surface area contributed by atoms with Crippen LogP contribution < -0.4 is 20.1 Å². The maximum atomic E-state index is 13.6. The Hall–Kier alpha value is -3.31. The predicted molar refractivity (Wildman–Crippen MR) is 126 cm³/mol. The van der Waals surface area contributed by atoms with E-state index < -0.39 is 23.9 Å². The van der Waals surface area contributed by atoms with Gasteiger partial charge in [0.1, 0.15) is 33.1 Å². The van der Waals surface area contributed by atoms with Gasteiger partial charge in [-0.3, -0.25) is 4.79 Å². The highest BCUT2D eigenvalue weighted by molar-refractivity contribution is 7.21. The van der Waals surface area contributed by atoms with Crippen LogP contribution in [0, 0.1) is 6.92 Å². The number of carbonyl (C=O) groups is 1. The van der Waals surface area contributed by atoms with E-state index in [1.54, 1.807) is 36.8 Å². The number of pyridine rings is 1. The lowest BCUT2D eigenvalue weighted by Crippen LogP contribution is -2.37. The number of anilines is 1. The largest absolute Gasteiger partial charge is 0.496 e. The highest BCUT2D eigenvalue weighted by Crippen LogP contribution is 2.47. The molecule has 0 spiro atoms. The Bertz CT molecular complexity index is 1410. The minimum Gasteiger partial charge on any atom is -0.496 e. The number of rotatable bonds is 4. The summed E-state index contributed by atoms with van der Waals surface area (Å²) in [6.45, 7) is 1.84. The average Bonchev–Trinajstić information content (AvgIpc) is 3.46. The number of carbonyl (C=O) groups excluding carboxylic acids is 1. The number of hydrogen-bond acceptors (Lipinski definition) is 7. The fourth-order valence-corrected chi connectivity index (χ4v) is 5.93. The summed E-state index contributed by atoms with van der Waals surface area (Å²) in [5, 5.41) is 8.47. The molecule has 0 bridgehead atoms. The summed E-state index contributed by atoms with van der Waals surface area (Å²) in [5.74, 6) is 0.771. The summed E-state index contributed by atoms with van der Waals surface area (Å²) in [6.07, 6.45) is -5.28. The molecule has 1 aliphatic rings. The summed E-state index contributed by atoms with van der Waals surface area (Å²) >= 11 is 2.26. The normalized spacial score (nSPS) is 15.6. The van der Waals surface area contributed by atoms with Gasteiger partial charge in [-0.2, -0.15) is 13.2 Å². The molecular weight excluding hydrogens is 487 g/mol. The number of fused-ring (bicyclic) bond motifs is 3. The molecule has 0 aliphatic carbocycles. The summed E-state index contributed by atoms with van der Waals surface area (Å²) in [4.78, 5) is 18.0. The van der Waals surface area contributed by atoms with Crippen LogP contribution in [-0.2, 0) is 6.18 Å². The third-order valence-corrected chi connectivity index (χ3v) is 7.62. The number of ether oxygens (including phenoxy) is 2. The van der Waals surface area contributed by atoms with Crippen molar-refractivity contribution in [3.63, 3.8) is 0 Å². The number of hydrogen-bond donors (Lipinski definition) is 2. The number of thiophene rings is 2. The Labute approximate surface area is 200 Å². The molecule has 4 aromatic rings. The molecule has 34 heavy (non-hydrogen) atoms. The van der Waals surface area contributed by atoms with Crippen molar-refractivity contribution >= 4 is 44.5 Å². The molecule has 1 aromatic carbocycles. The first kappa shape index (κ1) is 22.5. The van der Waals surface area contributed by atoms with Crippen LogP contribution in [0.15, 0.2) is 35.7 Å². The molecule has 0 saturated heterocycles. The molecule has 0 unspecified atom stereocenters. The SMILES string of the molecule is COc1ccc([C@H]2NC(=O)c3sc4nc(C(F)(F)F)cc(-c5cccs5)c4c3N2)c(OC)c1C. The number of alkyl halides is 3. The number of nitrogens with zero attached hydrogens (tertiary/aromatic N) is 1. The Kier molecular flexibility index (Phi) is 5.40. The van der Waals surface area contributed by atoms with Crippen LogP contribution >= 0.6 is 22.7 Å². The summed E-state index contributed by atoms with van der Waals surface area (Å²) in [5.41, 5.74) is 1.26. The topological polar surface area (TPSA) is 72.5 Å². The first-order valence-corrected chi connectivity index (χ1v) is 11.8. The van der Waals surface area contributed by atoms with E-state index in [0.29, 0.717) is 38.6 Å². The van der Waals surface area contributed by atoms with E-state index in [2.05, 4.69) is 15.6 Å². The van der Waals surface area contributed by atoms with Crippen molar-refractivity contribution < 1.29 is 27.4 Å². The molecule has 176 valence electrons. The van der Waals surface area contributed by atoms with E-state index in [1.807, 2.05) is 6.92 Å². The number of benzene rings is 1. The molecule has 4 heterocycles. The van der Waals surface area contributed by atoms with E-state index >= 15 is 0 Å². The first-order valence-electron chi connectivity index (χ1n) is 10.1. The van der Waals surface area contributed by atoms with Crippen LogP contribution in [0.25, 0.3) is 20.7 Å². The van der Waals surface area contributed by atoms with Gasteiger partial charge in [0.15, 0.2) is 0 Å². The van der Waals surface area contributed by atoms with E-state index in [0.717, 1.165) is 23.0 Å². The van der Waals surface area contributed by atoms with Crippen LogP contribution in [0.1, 0.15) is 32.7 Å². The molecule has 1 amide bonds. The molecule has 1 atom stereocenters. The van der Waals surface area contributed by atoms with E-state index in [9.17, 15) is 18.0 Å². The monoisotopic (exact) mass is 505 g/mol. The van der Waals surface area contributed by atoms with Gasteiger partial charge in [0.05, 0.1) is 19.9 Å². The average molecular weight is 506 g/mol. The smallest absolute Gasteiger partial charge is 0.433 e. The number of methoxy groups -OCH3 is 2. The quantitative estimate of drug-likeness (QED) is 0.344. The molecular formula is C23H18F3N3O3S2. The summed E-state index contributed by atoms with van der Waals surface area (Å²) in [7, 11) is 3.08. The molecule has 0 radical (unpaired) electrons. The number of aromatic nitrogens is 1. The molecule has 3 aromatic heterocycles. The van der Waals surface area contributed by atoms with Crippen molar-refractivity contribution in [1.29, 1.82) is 0 Å². The maximum absolute atomic E-state index is 13.6. The third kappa shape index (κ3) is 3.55. The maximum Gasteiger partial charge on any atom is 0.433 e. The fraction of sp³-hybridized carbons (Fsp3) is 0.217. The van der Waals surface area contributed by atoms with Gasteiger partial charge in [0.25, 0.3) is 5.91 Å². The van der Waals surface area contributed by atoms with Crippen LogP contribution in [0.2, 0.25) is 0 Å². The Morgan fingerprint density at radius 3 is 2.56 bits per heavy atom. The van der Waals surface area contributed by atoms with Crippen molar-refractivity contribution in [2.75, 3.05) is 19.5 Å². The van der Waals surface area contributed by atoms with Gasteiger partial charge in [0, 0.05) is 27.0 Å².